The van der Waals surface area contributed by atoms with Gasteiger partial charge in [0.2, 0.25) is 0 Å². The topological polar surface area (TPSA) is 58.5 Å². The molecule has 2 heterocycles. The Bertz CT molecular complexity index is 392. The molecule has 5 nitrogen and oxygen atoms in total. The molecule has 1 aromatic heterocycles. The van der Waals surface area contributed by atoms with E-state index in [-0.39, 0.29) is 18.3 Å². The summed E-state index contributed by atoms with van der Waals surface area (Å²) >= 11 is 3.15. The fraction of sp³-hybridized carbons (Fsp3) is 0.833. The van der Waals surface area contributed by atoms with E-state index in [1.165, 1.54) is 0 Å². The predicted molar refractivity (Wildman–Crippen MR) is 77.8 cm³/mol. The van der Waals surface area contributed by atoms with Crippen molar-refractivity contribution in [1.82, 2.24) is 15.1 Å². The summed E-state index contributed by atoms with van der Waals surface area (Å²) in [5, 5.41) is 19.1. The lowest BCUT2D eigenvalue weighted by molar-refractivity contribution is -0.0750. The Labute approximate surface area is 122 Å². The summed E-state index contributed by atoms with van der Waals surface area (Å²) < 4.78 is 6.62. The third-order valence-corrected chi connectivity index (χ3v) is 4.99. The van der Waals surface area contributed by atoms with Gasteiger partial charge in [0, 0.05) is 25.4 Å². The number of thioether (sulfide) groups is 1. The van der Waals surface area contributed by atoms with Gasteiger partial charge in [0.25, 0.3) is 0 Å². The zero-order chi connectivity index (χ0) is 13.8. The lowest BCUT2D eigenvalue weighted by Crippen LogP contribution is -2.48. The van der Waals surface area contributed by atoms with Crippen molar-refractivity contribution in [3.05, 3.63) is 5.01 Å². The Kier molecular flexibility index (Phi) is 5.58. The molecule has 1 aromatic rings. The zero-order valence-corrected chi connectivity index (χ0v) is 13.2. The first kappa shape index (κ1) is 15.2. The number of β-amino-alcohol motifs (C(OH)–C–C–N with tert-alkyl or cyclic N) is 1. The third kappa shape index (κ3) is 5.00. The molecule has 0 radical (unpaired) electrons. The quantitative estimate of drug-likeness (QED) is 0.830. The number of aliphatic hydroxyl groups excluding tert-OH is 1. The van der Waals surface area contributed by atoms with Crippen LogP contribution in [0.2, 0.25) is 0 Å². The van der Waals surface area contributed by atoms with Crippen LogP contribution in [0.25, 0.3) is 0 Å². The minimum absolute atomic E-state index is 0.245. The summed E-state index contributed by atoms with van der Waals surface area (Å²) in [5.74, 6) is 0.661. The lowest BCUT2D eigenvalue weighted by Gasteiger charge is -2.36. The van der Waals surface area contributed by atoms with Crippen molar-refractivity contribution in [2.24, 2.45) is 0 Å². The number of hydrogen-bond acceptors (Lipinski definition) is 7. The van der Waals surface area contributed by atoms with Crippen molar-refractivity contribution in [3.8, 4) is 0 Å². The van der Waals surface area contributed by atoms with E-state index in [0.717, 1.165) is 22.4 Å². The van der Waals surface area contributed by atoms with E-state index < -0.39 is 0 Å². The Morgan fingerprint density at radius 2 is 2.11 bits per heavy atom. The molecule has 0 aromatic carbocycles. The van der Waals surface area contributed by atoms with Gasteiger partial charge >= 0.3 is 0 Å². The Balaban J connectivity index is 1.73. The summed E-state index contributed by atoms with van der Waals surface area (Å²) in [4.78, 5) is 2.27. The lowest BCUT2D eigenvalue weighted by atomic mass is 10.2. The second kappa shape index (κ2) is 6.99. The van der Waals surface area contributed by atoms with Crippen LogP contribution in [0.5, 0.6) is 0 Å². The first-order valence-corrected chi connectivity index (χ1v) is 8.32. The molecule has 2 rings (SSSR count). The summed E-state index contributed by atoms with van der Waals surface area (Å²) in [7, 11) is 0. The van der Waals surface area contributed by atoms with E-state index >= 15 is 0 Å². The fourth-order valence-corrected chi connectivity index (χ4v) is 4.05. The number of aromatic nitrogens is 2. The summed E-state index contributed by atoms with van der Waals surface area (Å²) in [5.41, 5.74) is 0. The van der Waals surface area contributed by atoms with Crippen LogP contribution in [-0.2, 0) is 4.74 Å². The van der Waals surface area contributed by atoms with Crippen LogP contribution in [-0.4, -0.2) is 63.9 Å². The van der Waals surface area contributed by atoms with Gasteiger partial charge in [-0.05, 0) is 20.8 Å². The molecule has 1 aliphatic rings. The molecule has 1 saturated heterocycles. The van der Waals surface area contributed by atoms with Gasteiger partial charge in [-0.3, -0.25) is 4.90 Å². The van der Waals surface area contributed by atoms with Gasteiger partial charge in [0.1, 0.15) is 5.01 Å². The maximum atomic E-state index is 10.1. The Morgan fingerprint density at radius 1 is 1.42 bits per heavy atom. The smallest absolute Gasteiger partial charge is 0.174 e. The molecule has 3 unspecified atom stereocenters. The van der Waals surface area contributed by atoms with Crippen LogP contribution in [0, 0.1) is 6.92 Å². The molecular formula is C12H21N3O2S2. The number of hydrogen-bond donors (Lipinski definition) is 1. The SMILES string of the molecule is Cc1nnc(SCC(O)CN2CC(C)OC(C)C2)s1. The Hall–Kier alpha value is -0.210. The number of rotatable bonds is 5. The van der Waals surface area contributed by atoms with Gasteiger partial charge < -0.3 is 9.84 Å². The van der Waals surface area contributed by atoms with Crippen LogP contribution >= 0.6 is 23.1 Å². The molecule has 0 bridgehead atoms. The van der Waals surface area contributed by atoms with E-state index in [1.54, 1.807) is 23.1 Å². The standard InChI is InChI=1S/C12H21N3O2S2/c1-8-4-15(5-9(2)17-8)6-11(16)7-18-12-14-13-10(3)19-12/h8-9,11,16H,4-7H2,1-3H3. The Morgan fingerprint density at radius 3 is 2.68 bits per heavy atom. The van der Waals surface area contributed by atoms with Crippen molar-refractivity contribution in [2.75, 3.05) is 25.4 Å². The third-order valence-electron chi connectivity index (χ3n) is 2.87. The van der Waals surface area contributed by atoms with Gasteiger partial charge in [0.05, 0.1) is 18.3 Å². The maximum Gasteiger partial charge on any atom is 0.174 e. The van der Waals surface area contributed by atoms with E-state index in [2.05, 4.69) is 28.9 Å². The van der Waals surface area contributed by atoms with Crippen LogP contribution in [0.1, 0.15) is 18.9 Å². The highest BCUT2D eigenvalue weighted by Crippen LogP contribution is 2.22. The largest absolute Gasteiger partial charge is 0.391 e. The normalized spacial score (nSPS) is 26.5. The first-order chi connectivity index (χ1) is 9.02. The molecule has 0 saturated carbocycles. The maximum absolute atomic E-state index is 10.1. The van der Waals surface area contributed by atoms with Gasteiger partial charge in [-0.25, -0.2) is 0 Å². The second-order valence-corrected chi connectivity index (χ2v) is 7.48. The van der Waals surface area contributed by atoms with Crippen molar-refractivity contribution in [1.29, 1.82) is 0 Å². The van der Waals surface area contributed by atoms with E-state index in [1.807, 2.05) is 6.92 Å². The molecule has 19 heavy (non-hydrogen) atoms. The summed E-state index contributed by atoms with van der Waals surface area (Å²) in [6, 6.07) is 0. The molecule has 0 aliphatic carbocycles. The van der Waals surface area contributed by atoms with E-state index in [9.17, 15) is 5.11 Å². The van der Waals surface area contributed by atoms with Crippen molar-refractivity contribution in [3.63, 3.8) is 0 Å². The minimum atomic E-state index is -0.341. The molecule has 0 amide bonds. The average molecular weight is 303 g/mol. The summed E-state index contributed by atoms with van der Waals surface area (Å²) in [6.07, 6.45) is 0.149. The highest BCUT2D eigenvalue weighted by Gasteiger charge is 2.23. The van der Waals surface area contributed by atoms with Crippen molar-refractivity contribution >= 4 is 23.1 Å². The number of nitrogens with zero attached hydrogens (tertiary/aromatic N) is 3. The molecular weight excluding hydrogens is 282 g/mol. The highest BCUT2D eigenvalue weighted by molar-refractivity contribution is 8.01. The average Bonchev–Trinajstić information content (AvgIpc) is 2.71. The second-order valence-electron chi connectivity index (χ2n) is 5.03. The van der Waals surface area contributed by atoms with Gasteiger partial charge in [-0.15, -0.1) is 10.2 Å². The number of ether oxygens (including phenoxy) is 1. The van der Waals surface area contributed by atoms with Crippen molar-refractivity contribution < 1.29 is 9.84 Å². The fourth-order valence-electron chi connectivity index (χ4n) is 2.29. The highest BCUT2D eigenvalue weighted by atomic mass is 32.2. The molecule has 1 fully saturated rings. The van der Waals surface area contributed by atoms with Gasteiger partial charge in [-0.2, -0.15) is 0 Å². The monoisotopic (exact) mass is 303 g/mol. The zero-order valence-electron chi connectivity index (χ0n) is 11.6. The van der Waals surface area contributed by atoms with Crippen LogP contribution in [0.15, 0.2) is 4.34 Å². The minimum Gasteiger partial charge on any atom is -0.391 e. The molecule has 7 heteroatoms. The molecule has 108 valence electrons. The predicted octanol–water partition coefficient (Wildman–Crippen LogP) is 1.41. The summed E-state index contributed by atoms with van der Waals surface area (Å²) in [6.45, 7) is 8.58. The molecule has 3 atom stereocenters. The van der Waals surface area contributed by atoms with E-state index in [0.29, 0.717) is 12.3 Å². The van der Waals surface area contributed by atoms with Crippen LogP contribution in [0.4, 0.5) is 0 Å². The number of morpholine rings is 1. The van der Waals surface area contributed by atoms with Crippen LogP contribution in [0.3, 0.4) is 0 Å². The number of aliphatic hydroxyl groups is 1. The van der Waals surface area contributed by atoms with Gasteiger partial charge in [0.15, 0.2) is 4.34 Å². The molecule has 0 spiro atoms. The van der Waals surface area contributed by atoms with Crippen molar-refractivity contribution in [2.45, 2.75) is 43.4 Å². The molecule has 1 N–H and O–H groups in total. The van der Waals surface area contributed by atoms with Crippen LogP contribution < -0.4 is 0 Å². The van der Waals surface area contributed by atoms with Gasteiger partial charge in [-0.1, -0.05) is 23.1 Å². The number of aryl methyl sites for hydroxylation is 1. The first-order valence-electron chi connectivity index (χ1n) is 6.51. The van der Waals surface area contributed by atoms with E-state index in [4.69, 9.17) is 4.74 Å². The molecule has 1 aliphatic heterocycles.